The fraction of sp³-hybridized carbons (Fsp3) is 0.571. The average Bonchev–Trinajstić information content (AvgIpc) is 2.56. The SMILES string of the molecule is CCC(CN)c1nc(C(=O)O)no1. The molecule has 0 amide bonds. The lowest BCUT2D eigenvalue weighted by atomic mass is 10.1. The maximum atomic E-state index is 10.4. The van der Waals surface area contributed by atoms with Gasteiger partial charge in [-0.1, -0.05) is 6.92 Å². The second-order valence-corrected chi connectivity index (χ2v) is 2.60. The van der Waals surface area contributed by atoms with E-state index in [1.807, 2.05) is 6.92 Å². The molecule has 0 aliphatic rings. The van der Waals surface area contributed by atoms with E-state index in [1.165, 1.54) is 0 Å². The smallest absolute Gasteiger partial charge is 0.377 e. The summed E-state index contributed by atoms with van der Waals surface area (Å²) in [7, 11) is 0. The van der Waals surface area contributed by atoms with E-state index in [0.29, 0.717) is 12.4 Å². The molecule has 0 spiro atoms. The largest absolute Gasteiger partial charge is 0.475 e. The topological polar surface area (TPSA) is 102 Å². The summed E-state index contributed by atoms with van der Waals surface area (Å²) in [5.74, 6) is -1.27. The number of hydrogen-bond acceptors (Lipinski definition) is 5. The summed E-state index contributed by atoms with van der Waals surface area (Å²) >= 11 is 0. The van der Waals surface area contributed by atoms with Gasteiger partial charge in [0.15, 0.2) is 0 Å². The van der Waals surface area contributed by atoms with E-state index in [0.717, 1.165) is 6.42 Å². The first kappa shape index (κ1) is 9.66. The Labute approximate surface area is 74.7 Å². The third-order valence-electron chi connectivity index (χ3n) is 1.76. The molecule has 1 atom stereocenters. The summed E-state index contributed by atoms with van der Waals surface area (Å²) in [6.07, 6.45) is 0.748. The zero-order chi connectivity index (χ0) is 9.84. The molecule has 0 aromatic carbocycles. The van der Waals surface area contributed by atoms with Gasteiger partial charge in [0.05, 0.1) is 5.92 Å². The lowest BCUT2D eigenvalue weighted by molar-refractivity contribution is 0.0680. The third-order valence-corrected chi connectivity index (χ3v) is 1.76. The van der Waals surface area contributed by atoms with E-state index < -0.39 is 5.97 Å². The quantitative estimate of drug-likeness (QED) is 0.695. The van der Waals surface area contributed by atoms with Crippen LogP contribution in [-0.4, -0.2) is 27.8 Å². The van der Waals surface area contributed by atoms with E-state index >= 15 is 0 Å². The normalized spacial score (nSPS) is 12.8. The van der Waals surface area contributed by atoms with Crippen LogP contribution in [0.15, 0.2) is 4.52 Å². The Morgan fingerprint density at radius 2 is 2.46 bits per heavy atom. The van der Waals surface area contributed by atoms with Gasteiger partial charge in [0.25, 0.3) is 5.82 Å². The van der Waals surface area contributed by atoms with Crippen LogP contribution in [0.4, 0.5) is 0 Å². The number of carbonyl (C=O) groups is 1. The highest BCUT2D eigenvalue weighted by molar-refractivity contribution is 5.82. The highest BCUT2D eigenvalue weighted by atomic mass is 16.5. The van der Waals surface area contributed by atoms with Crippen molar-refractivity contribution >= 4 is 5.97 Å². The van der Waals surface area contributed by atoms with Crippen LogP contribution in [0.5, 0.6) is 0 Å². The van der Waals surface area contributed by atoms with Crippen LogP contribution >= 0.6 is 0 Å². The van der Waals surface area contributed by atoms with E-state index in [4.69, 9.17) is 15.4 Å². The van der Waals surface area contributed by atoms with Gasteiger partial charge in [0, 0.05) is 6.54 Å². The highest BCUT2D eigenvalue weighted by Gasteiger charge is 2.18. The first-order chi connectivity index (χ1) is 6.19. The maximum Gasteiger partial charge on any atom is 0.377 e. The Morgan fingerprint density at radius 3 is 2.85 bits per heavy atom. The number of nitrogens with two attached hydrogens (primary N) is 1. The molecule has 1 aromatic heterocycles. The van der Waals surface area contributed by atoms with Crippen molar-refractivity contribution in [1.29, 1.82) is 0 Å². The molecular weight excluding hydrogens is 174 g/mol. The van der Waals surface area contributed by atoms with Gasteiger partial charge >= 0.3 is 5.97 Å². The Hall–Kier alpha value is -1.43. The summed E-state index contributed by atoms with van der Waals surface area (Å²) in [5, 5.41) is 11.8. The number of hydrogen-bond donors (Lipinski definition) is 2. The Kier molecular flexibility index (Phi) is 2.97. The summed E-state index contributed by atoms with van der Waals surface area (Å²) in [5.41, 5.74) is 5.43. The summed E-state index contributed by atoms with van der Waals surface area (Å²) in [6.45, 7) is 2.29. The van der Waals surface area contributed by atoms with Crippen LogP contribution in [0.1, 0.15) is 35.8 Å². The van der Waals surface area contributed by atoms with Gasteiger partial charge in [-0.15, -0.1) is 0 Å². The number of rotatable bonds is 4. The molecule has 0 bridgehead atoms. The highest BCUT2D eigenvalue weighted by Crippen LogP contribution is 2.15. The standard InChI is InChI=1S/C7H11N3O3/c1-2-4(3-8)6-9-5(7(11)12)10-13-6/h4H,2-3,8H2,1H3,(H,11,12). The summed E-state index contributed by atoms with van der Waals surface area (Å²) in [4.78, 5) is 14.1. The van der Waals surface area contributed by atoms with Crippen molar-refractivity contribution in [3.05, 3.63) is 11.7 Å². The van der Waals surface area contributed by atoms with Crippen LogP contribution in [-0.2, 0) is 0 Å². The first-order valence-corrected chi connectivity index (χ1v) is 3.96. The fourth-order valence-corrected chi connectivity index (χ4v) is 0.930. The van der Waals surface area contributed by atoms with Crippen molar-refractivity contribution in [1.82, 2.24) is 10.1 Å². The van der Waals surface area contributed by atoms with Crippen molar-refractivity contribution in [2.45, 2.75) is 19.3 Å². The second-order valence-electron chi connectivity index (χ2n) is 2.60. The van der Waals surface area contributed by atoms with Crippen LogP contribution in [0.3, 0.4) is 0 Å². The molecule has 0 aliphatic heterocycles. The van der Waals surface area contributed by atoms with Gasteiger partial charge in [-0.2, -0.15) is 4.98 Å². The molecule has 6 heteroatoms. The molecule has 72 valence electrons. The second kappa shape index (κ2) is 3.99. The number of nitrogens with zero attached hydrogens (tertiary/aromatic N) is 2. The molecule has 0 radical (unpaired) electrons. The molecule has 0 aliphatic carbocycles. The van der Waals surface area contributed by atoms with E-state index in [9.17, 15) is 4.79 Å². The molecule has 0 saturated carbocycles. The number of carboxylic acid groups (broad SMARTS) is 1. The molecule has 13 heavy (non-hydrogen) atoms. The minimum atomic E-state index is -1.19. The summed E-state index contributed by atoms with van der Waals surface area (Å²) < 4.78 is 4.75. The zero-order valence-electron chi connectivity index (χ0n) is 7.23. The minimum Gasteiger partial charge on any atom is -0.475 e. The molecule has 1 unspecified atom stereocenters. The van der Waals surface area contributed by atoms with Gasteiger partial charge in [0.2, 0.25) is 5.89 Å². The first-order valence-electron chi connectivity index (χ1n) is 3.96. The molecule has 0 fully saturated rings. The van der Waals surface area contributed by atoms with Gasteiger partial charge in [-0.05, 0) is 11.6 Å². The predicted octanol–water partition coefficient (Wildman–Crippen LogP) is 0.220. The van der Waals surface area contributed by atoms with Crippen LogP contribution in [0, 0.1) is 0 Å². The fourth-order valence-electron chi connectivity index (χ4n) is 0.930. The molecule has 3 N–H and O–H groups in total. The van der Waals surface area contributed by atoms with Crippen molar-refractivity contribution < 1.29 is 14.4 Å². The van der Waals surface area contributed by atoms with E-state index in [2.05, 4.69) is 10.1 Å². The molecule has 0 saturated heterocycles. The van der Waals surface area contributed by atoms with Crippen LogP contribution < -0.4 is 5.73 Å². The van der Waals surface area contributed by atoms with Crippen LogP contribution in [0.25, 0.3) is 0 Å². The van der Waals surface area contributed by atoms with Gasteiger partial charge < -0.3 is 15.4 Å². The van der Waals surface area contributed by atoms with Crippen molar-refractivity contribution in [2.75, 3.05) is 6.54 Å². The zero-order valence-corrected chi connectivity index (χ0v) is 7.23. The van der Waals surface area contributed by atoms with Gasteiger partial charge in [-0.25, -0.2) is 4.79 Å². The van der Waals surface area contributed by atoms with Gasteiger partial charge in [0.1, 0.15) is 0 Å². The molecule has 1 rings (SSSR count). The van der Waals surface area contributed by atoms with Crippen molar-refractivity contribution in [2.24, 2.45) is 5.73 Å². The lowest BCUT2D eigenvalue weighted by Crippen LogP contribution is -2.12. The monoisotopic (exact) mass is 185 g/mol. The average molecular weight is 185 g/mol. The van der Waals surface area contributed by atoms with Crippen molar-refractivity contribution in [3.8, 4) is 0 Å². The molecule has 1 aromatic rings. The van der Waals surface area contributed by atoms with Gasteiger partial charge in [-0.3, -0.25) is 0 Å². The molecular formula is C7H11N3O3. The number of carboxylic acids is 1. The number of aromatic carboxylic acids is 1. The summed E-state index contributed by atoms with van der Waals surface area (Å²) in [6, 6.07) is 0. The molecule has 6 nitrogen and oxygen atoms in total. The Morgan fingerprint density at radius 1 is 1.77 bits per heavy atom. The van der Waals surface area contributed by atoms with E-state index in [-0.39, 0.29) is 11.7 Å². The van der Waals surface area contributed by atoms with Crippen molar-refractivity contribution in [3.63, 3.8) is 0 Å². The number of aromatic nitrogens is 2. The molecule has 1 heterocycles. The maximum absolute atomic E-state index is 10.4. The Bertz CT molecular complexity index is 293. The Balaban J connectivity index is 2.84. The minimum absolute atomic E-state index is 0.0550. The van der Waals surface area contributed by atoms with Crippen LogP contribution in [0.2, 0.25) is 0 Å². The predicted molar refractivity (Wildman–Crippen MR) is 43.3 cm³/mol. The third kappa shape index (κ3) is 2.03. The van der Waals surface area contributed by atoms with E-state index in [1.54, 1.807) is 0 Å². The lowest BCUT2D eigenvalue weighted by Gasteiger charge is -2.03.